The van der Waals surface area contributed by atoms with Crippen molar-refractivity contribution in [3.05, 3.63) is 66.1 Å². The van der Waals surface area contributed by atoms with Gasteiger partial charge in [-0.25, -0.2) is 14.0 Å². The Morgan fingerprint density at radius 3 is 2.34 bits per heavy atom. The van der Waals surface area contributed by atoms with Gasteiger partial charge in [0.25, 0.3) is 0 Å². The van der Waals surface area contributed by atoms with Crippen LogP contribution < -0.4 is 21.3 Å². The number of aromatic nitrogens is 1. The first-order valence-electron chi connectivity index (χ1n) is 15.3. The molecule has 11 heteroatoms. The molecule has 2 aromatic carbocycles. The molecule has 1 aliphatic rings. The fourth-order valence-electron chi connectivity index (χ4n) is 5.49. The van der Waals surface area contributed by atoms with Gasteiger partial charge in [-0.15, -0.1) is 0 Å². The standard InChI is InChI=1S/C33H45FN6O4/c1-22(26-21-36-27-10-6-5-9-25(26)27)29(30(41)37-28(11-7-8-16-35)31(42)44-33(2,3)4)38-32(43)40-19-17-39(18-20-40)24-14-12-23(34)13-15-24/h5-6,9-10,12-15,21-22,28-29,36H,7-8,11,16-20,35H2,1-4H3,(H,37,41)(H,38,43). The monoisotopic (exact) mass is 608 g/mol. The lowest BCUT2D eigenvalue weighted by Crippen LogP contribution is -2.58. The van der Waals surface area contributed by atoms with Crippen LogP contribution in [0.15, 0.2) is 54.7 Å². The van der Waals surface area contributed by atoms with Crippen LogP contribution in [0.5, 0.6) is 0 Å². The number of fused-ring (bicyclic) bond motifs is 1. The van der Waals surface area contributed by atoms with Gasteiger partial charge in [0.2, 0.25) is 5.91 Å². The highest BCUT2D eigenvalue weighted by molar-refractivity contribution is 5.92. The Hall–Kier alpha value is -4.12. The number of benzene rings is 2. The molecule has 0 bridgehead atoms. The van der Waals surface area contributed by atoms with Crippen LogP contribution in [0.25, 0.3) is 10.9 Å². The number of anilines is 1. The highest BCUT2D eigenvalue weighted by atomic mass is 19.1. The Kier molecular flexibility index (Phi) is 10.9. The number of halogens is 1. The molecule has 1 saturated heterocycles. The number of hydrogen-bond donors (Lipinski definition) is 4. The molecule has 44 heavy (non-hydrogen) atoms. The number of rotatable bonds is 11. The van der Waals surface area contributed by atoms with Crippen LogP contribution in [-0.2, 0) is 14.3 Å². The second-order valence-electron chi connectivity index (χ2n) is 12.3. The van der Waals surface area contributed by atoms with E-state index in [2.05, 4.69) is 20.5 Å². The first-order chi connectivity index (χ1) is 21.0. The van der Waals surface area contributed by atoms with E-state index in [-0.39, 0.29) is 11.8 Å². The zero-order chi connectivity index (χ0) is 31.9. The van der Waals surface area contributed by atoms with Gasteiger partial charge in [0.1, 0.15) is 23.5 Å². The number of hydrogen-bond acceptors (Lipinski definition) is 6. The first-order valence-corrected chi connectivity index (χ1v) is 15.3. The van der Waals surface area contributed by atoms with Crippen molar-refractivity contribution in [2.24, 2.45) is 5.73 Å². The van der Waals surface area contributed by atoms with Crippen molar-refractivity contribution in [3.63, 3.8) is 0 Å². The van der Waals surface area contributed by atoms with E-state index in [0.29, 0.717) is 52.0 Å². The Morgan fingerprint density at radius 2 is 1.68 bits per heavy atom. The number of amides is 3. The minimum absolute atomic E-state index is 0.298. The summed E-state index contributed by atoms with van der Waals surface area (Å²) in [7, 11) is 0. The molecule has 5 N–H and O–H groups in total. The molecule has 3 unspecified atom stereocenters. The van der Waals surface area contributed by atoms with Gasteiger partial charge in [-0.2, -0.15) is 0 Å². The van der Waals surface area contributed by atoms with Gasteiger partial charge >= 0.3 is 12.0 Å². The summed E-state index contributed by atoms with van der Waals surface area (Å²) < 4.78 is 19.0. The molecule has 2 heterocycles. The van der Waals surface area contributed by atoms with Crippen molar-refractivity contribution in [2.75, 3.05) is 37.6 Å². The van der Waals surface area contributed by atoms with Crippen LogP contribution in [0.4, 0.5) is 14.9 Å². The minimum atomic E-state index is -0.976. The topological polar surface area (TPSA) is 133 Å². The van der Waals surface area contributed by atoms with Gasteiger partial charge in [-0.3, -0.25) is 4.79 Å². The van der Waals surface area contributed by atoms with Gasteiger partial charge in [0.15, 0.2) is 0 Å². The number of carbonyl (C=O) groups excluding carboxylic acids is 3. The van der Waals surface area contributed by atoms with Crippen LogP contribution in [0.3, 0.4) is 0 Å². The normalized spacial score (nSPS) is 15.9. The lowest BCUT2D eigenvalue weighted by molar-refractivity contribution is -0.159. The predicted octanol–water partition coefficient (Wildman–Crippen LogP) is 4.27. The zero-order valence-corrected chi connectivity index (χ0v) is 26.1. The van der Waals surface area contributed by atoms with Crippen molar-refractivity contribution in [1.29, 1.82) is 0 Å². The number of unbranched alkanes of at least 4 members (excludes halogenated alkanes) is 1. The molecule has 3 amide bonds. The summed E-state index contributed by atoms with van der Waals surface area (Å²) in [6.07, 6.45) is 3.56. The van der Waals surface area contributed by atoms with Gasteiger partial charge < -0.3 is 35.9 Å². The number of aromatic amines is 1. The van der Waals surface area contributed by atoms with E-state index in [0.717, 1.165) is 22.2 Å². The van der Waals surface area contributed by atoms with Crippen LogP contribution in [0.2, 0.25) is 0 Å². The molecule has 0 radical (unpaired) electrons. The second-order valence-corrected chi connectivity index (χ2v) is 12.3. The van der Waals surface area contributed by atoms with Crippen molar-refractivity contribution in [1.82, 2.24) is 20.5 Å². The first kappa shape index (κ1) is 32.8. The van der Waals surface area contributed by atoms with Gasteiger partial charge in [0, 0.05) is 54.9 Å². The molecule has 4 rings (SSSR count). The largest absolute Gasteiger partial charge is 0.458 e. The molecule has 1 fully saturated rings. The van der Waals surface area contributed by atoms with E-state index in [9.17, 15) is 18.8 Å². The van der Waals surface area contributed by atoms with Crippen LogP contribution in [0.1, 0.15) is 58.4 Å². The van der Waals surface area contributed by atoms with Gasteiger partial charge in [-0.1, -0.05) is 25.1 Å². The number of nitrogens with two attached hydrogens (primary N) is 1. The Labute approximate surface area is 258 Å². The Bertz CT molecular complexity index is 1410. The Morgan fingerprint density at radius 1 is 1.00 bits per heavy atom. The van der Waals surface area contributed by atoms with Crippen molar-refractivity contribution in [3.8, 4) is 0 Å². The van der Waals surface area contributed by atoms with E-state index < -0.39 is 35.5 Å². The summed E-state index contributed by atoms with van der Waals surface area (Å²) in [6, 6.07) is 11.8. The number of ether oxygens (including phenoxy) is 1. The van der Waals surface area contributed by atoms with Crippen LogP contribution in [-0.4, -0.2) is 78.2 Å². The maximum atomic E-state index is 14.0. The molecule has 0 aliphatic carbocycles. The summed E-state index contributed by atoms with van der Waals surface area (Å²) in [5.74, 6) is -1.72. The number of nitrogens with one attached hydrogen (secondary N) is 3. The number of piperazine rings is 1. The number of esters is 1. The highest BCUT2D eigenvalue weighted by Crippen LogP contribution is 2.28. The quantitative estimate of drug-likeness (QED) is 0.190. The zero-order valence-electron chi connectivity index (χ0n) is 26.1. The van der Waals surface area contributed by atoms with E-state index in [1.54, 1.807) is 37.8 Å². The summed E-state index contributed by atoms with van der Waals surface area (Å²) in [6.45, 7) is 9.69. The maximum Gasteiger partial charge on any atom is 0.329 e. The molecule has 1 aliphatic heterocycles. The fourth-order valence-corrected chi connectivity index (χ4v) is 5.49. The third kappa shape index (κ3) is 8.49. The second kappa shape index (κ2) is 14.6. The Balaban J connectivity index is 1.53. The summed E-state index contributed by atoms with van der Waals surface area (Å²) in [5, 5.41) is 6.83. The number of para-hydroxylation sites is 1. The molecule has 0 spiro atoms. The van der Waals surface area contributed by atoms with Gasteiger partial charge in [-0.05, 0) is 82.5 Å². The van der Waals surface area contributed by atoms with Gasteiger partial charge in [0.05, 0.1) is 0 Å². The van der Waals surface area contributed by atoms with Crippen LogP contribution in [0, 0.1) is 5.82 Å². The highest BCUT2D eigenvalue weighted by Gasteiger charge is 2.35. The smallest absolute Gasteiger partial charge is 0.329 e. The lowest BCUT2D eigenvalue weighted by atomic mass is 9.92. The predicted molar refractivity (Wildman–Crippen MR) is 170 cm³/mol. The third-order valence-corrected chi connectivity index (χ3v) is 7.89. The molecular formula is C33H45FN6O4. The van der Waals surface area contributed by atoms with E-state index in [1.807, 2.05) is 37.4 Å². The molecular weight excluding hydrogens is 563 g/mol. The number of carbonyl (C=O) groups is 3. The summed E-state index contributed by atoms with van der Waals surface area (Å²) in [5.41, 5.74) is 7.63. The molecule has 10 nitrogen and oxygen atoms in total. The molecule has 3 aromatic rings. The summed E-state index contributed by atoms with van der Waals surface area (Å²) in [4.78, 5) is 47.7. The molecule has 3 atom stereocenters. The van der Waals surface area contributed by atoms with Crippen molar-refractivity contribution >= 4 is 34.5 Å². The third-order valence-electron chi connectivity index (χ3n) is 7.89. The van der Waals surface area contributed by atoms with E-state index >= 15 is 0 Å². The maximum absolute atomic E-state index is 14.0. The molecule has 0 saturated carbocycles. The van der Waals surface area contributed by atoms with E-state index in [1.165, 1.54) is 12.1 Å². The molecule has 1 aromatic heterocycles. The van der Waals surface area contributed by atoms with Crippen LogP contribution >= 0.6 is 0 Å². The minimum Gasteiger partial charge on any atom is -0.458 e. The fraction of sp³-hybridized carbons (Fsp3) is 0.485. The SMILES string of the molecule is CC(c1c[nH]c2ccccc12)C(NC(=O)N1CCN(c2ccc(F)cc2)CC1)C(=O)NC(CCCCN)C(=O)OC(C)(C)C. The van der Waals surface area contributed by atoms with Crippen molar-refractivity contribution < 1.29 is 23.5 Å². The summed E-state index contributed by atoms with van der Waals surface area (Å²) >= 11 is 0. The average Bonchev–Trinajstić information content (AvgIpc) is 3.43. The van der Waals surface area contributed by atoms with Crippen molar-refractivity contribution in [2.45, 2.75) is 70.6 Å². The average molecular weight is 609 g/mol. The number of H-pyrrole nitrogens is 1. The lowest BCUT2D eigenvalue weighted by Gasteiger charge is -2.37. The molecule has 238 valence electrons. The number of urea groups is 1. The van der Waals surface area contributed by atoms with E-state index in [4.69, 9.17) is 10.5 Å². The number of nitrogens with zero attached hydrogens (tertiary/aromatic N) is 2.